The fraction of sp³-hybridized carbons (Fsp3) is 0.429. The van der Waals surface area contributed by atoms with Gasteiger partial charge in [-0.05, 0) is 19.1 Å². The molecular formula is C21H25N5O3. The van der Waals surface area contributed by atoms with Crippen molar-refractivity contribution in [1.29, 1.82) is 0 Å². The molecule has 8 heteroatoms. The molecule has 0 aliphatic carbocycles. The quantitative estimate of drug-likeness (QED) is 0.726. The Kier molecular flexibility index (Phi) is 5.71. The highest BCUT2D eigenvalue weighted by Gasteiger charge is 2.24. The van der Waals surface area contributed by atoms with Crippen molar-refractivity contribution in [3.8, 4) is 0 Å². The van der Waals surface area contributed by atoms with Crippen molar-refractivity contribution in [1.82, 2.24) is 14.9 Å². The summed E-state index contributed by atoms with van der Waals surface area (Å²) in [6.07, 6.45) is 1.61. The van der Waals surface area contributed by atoms with Gasteiger partial charge in [-0.2, -0.15) is 0 Å². The minimum absolute atomic E-state index is 0.00101. The lowest BCUT2D eigenvalue weighted by atomic mass is 10.1. The van der Waals surface area contributed by atoms with Gasteiger partial charge < -0.3 is 19.4 Å². The Balaban J connectivity index is 1.37. The number of piperazine rings is 1. The van der Waals surface area contributed by atoms with Gasteiger partial charge in [0.2, 0.25) is 0 Å². The van der Waals surface area contributed by atoms with Gasteiger partial charge in [0.05, 0.1) is 13.2 Å². The summed E-state index contributed by atoms with van der Waals surface area (Å²) in [5.41, 5.74) is 1.23. The zero-order valence-electron chi connectivity index (χ0n) is 16.6. The molecule has 1 aromatic carbocycles. The topological polar surface area (TPSA) is 78.9 Å². The van der Waals surface area contributed by atoms with E-state index in [1.165, 1.54) is 6.92 Å². The van der Waals surface area contributed by atoms with Crippen LogP contribution in [0.5, 0.6) is 0 Å². The van der Waals surface area contributed by atoms with Crippen LogP contribution >= 0.6 is 0 Å². The van der Waals surface area contributed by atoms with Crippen LogP contribution in [0, 0.1) is 0 Å². The average molecular weight is 395 g/mol. The summed E-state index contributed by atoms with van der Waals surface area (Å²) >= 11 is 0. The number of benzene rings is 1. The Morgan fingerprint density at radius 2 is 1.38 bits per heavy atom. The van der Waals surface area contributed by atoms with Crippen molar-refractivity contribution in [2.45, 2.75) is 6.92 Å². The van der Waals surface area contributed by atoms with E-state index in [4.69, 9.17) is 4.74 Å². The lowest BCUT2D eigenvalue weighted by Crippen LogP contribution is -2.49. The first-order chi connectivity index (χ1) is 14.1. The van der Waals surface area contributed by atoms with Crippen LogP contribution in [0.15, 0.2) is 36.7 Å². The smallest absolute Gasteiger partial charge is 0.253 e. The van der Waals surface area contributed by atoms with Gasteiger partial charge in [0.15, 0.2) is 5.78 Å². The van der Waals surface area contributed by atoms with E-state index in [1.807, 2.05) is 11.0 Å². The summed E-state index contributed by atoms with van der Waals surface area (Å²) in [5, 5.41) is 0. The van der Waals surface area contributed by atoms with Crippen LogP contribution in [-0.2, 0) is 4.74 Å². The van der Waals surface area contributed by atoms with Gasteiger partial charge in [0.1, 0.15) is 18.0 Å². The van der Waals surface area contributed by atoms with E-state index in [-0.39, 0.29) is 11.7 Å². The molecule has 8 nitrogen and oxygen atoms in total. The van der Waals surface area contributed by atoms with Crippen LogP contribution in [0.25, 0.3) is 0 Å². The normalized spacial score (nSPS) is 17.3. The molecule has 2 aliphatic heterocycles. The maximum absolute atomic E-state index is 12.8. The van der Waals surface area contributed by atoms with Crippen molar-refractivity contribution < 1.29 is 14.3 Å². The Hall–Kier alpha value is -3.00. The number of amides is 1. The van der Waals surface area contributed by atoms with E-state index in [1.54, 1.807) is 30.6 Å². The van der Waals surface area contributed by atoms with E-state index in [0.717, 1.165) is 37.8 Å². The summed E-state index contributed by atoms with van der Waals surface area (Å²) in [5.74, 6) is 1.80. The second-order valence-corrected chi connectivity index (χ2v) is 7.25. The SMILES string of the molecule is CC(=O)c1ccc(C(=O)N2CCN(c3cc(N4CCOCC4)ncn3)CC2)cc1. The Morgan fingerprint density at radius 1 is 0.828 bits per heavy atom. The molecule has 0 bridgehead atoms. The Morgan fingerprint density at radius 3 is 1.97 bits per heavy atom. The molecule has 1 amide bonds. The molecule has 2 fully saturated rings. The lowest BCUT2D eigenvalue weighted by Gasteiger charge is -2.36. The van der Waals surface area contributed by atoms with Gasteiger partial charge in [-0.15, -0.1) is 0 Å². The Bertz CT molecular complexity index is 872. The molecule has 2 aliphatic rings. The summed E-state index contributed by atoms with van der Waals surface area (Å²) in [6.45, 7) is 7.32. The maximum atomic E-state index is 12.8. The number of morpholine rings is 1. The number of hydrogen-bond donors (Lipinski definition) is 0. The predicted octanol–water partition coefficient (Wildman–Crippen LogP) is 1.48. The largest absolute Gasteiger partial charge is 0.378 e. The molecule has 2 aromatic rings. The molecule has 0 saturated carbocycles. The number of nitrogens with zero attached hydrogens (tertiary/aromatic N) is 5. The molecule has 3 heterocycles. The van der Waals surface area contributed by atoms with Gasteiger partial charge in [-0.25, -0.2) is 9.97 Å². The first kappa shape index (κ1) is 19.3. The standard InChI is InChI=1S/C21H25N5O3/c1-16(27)17-2-4-18(5-3-17)21(28)26-8-6-24(7-9-26)19-14-20(23-15-22-19)25-10-12-29-13-11-25/h2-5,14-15H,6-13H2,1H3. The lowest BCUT2D eigenvalue weighted by molar-refractivity contribution is 0.0746. The highest BCUT2D eigenvalue weighted by molar-refractivity contribution is 5.97. The van der Waals surface area contributed by atoms with Crippen LogP contribution in [0.4, 0.5) is 11.6 Å². The second kappa shape index (κ2) is 8.57. The number of ether oxygens (including phenoxy) is 1. The van der Waals surface area contributed by atoms with Crippen LogP contribution in [0.1, 0.15) is 27.6 Å². The molecule has 0 radical (unpaired) electrons. The molecule has 0 N–H and O–H groups in total. The van der Waals surface area contributed by atoms with E-state index < -0.39 is 0 Å². The minimum atomic E-state index is -0.00329. The van der Waals surface area contributed by atoms with Gasteiger partial charge >= 0.3 is 0 Å². The first-order valence-electron chi connectivity index (χ1n) is 9.92. The molecule has 1 aromatic heterocycles. The molecule has 29 heavy (non-hydrogen) atoms. The maximum Gasteiger partial charge on any atom is 0.253 e. The predicted molar refractivity (Wildman–Crippen MR) is 110 cm³/mol. The van der Waals surface area contributed by atoms with Crippen LogP contribution in [0.2, 0.25) is 0 Å². The zero-order valence-corrected chi connectivity index (χ0v) is 16.6. The Labute approximate surface area is 170 Å². The first-order valence-corrected chi connectivity index (χ1v) is 9.92. The summed E-state index contributed by atoms with van der Waals surface area (Å²) < 4.78 is 5.41. The number of carbonyl (C=O) groups is 2. The third-order valence-corrected chi connectivity index (χ3v) is 5.40. The third-order valence-electron chi connectivity index (χ3n) is 5.40. The van der Waals surface area contributed by atoms with Crippen molar-refractivity contribution in [2.24, 2.45) is 0 Å². The second-order valence-electron chi connectivity index (χ2n) is 7.25. The number of rotatable bonds is 4. The van der Waals surface area contributed by atoms with E-state index in [0.29, 0.717) is 37.4 Å². The van der Waals surface area contributed by atoms with Crippen LogP contribution in [0.3, 0.4) is 0 Å². The molecule has 4 rings (SSSR count). The van der Waals surface area contributed by atoms with Gasteiger partial charge in [0.25, 0.3) is 5.91 Å². The van der Waals surface area contributed by atoms with Crippen molar-refractivity contribution in [3.05, 3.63) is 47.8 Å². The van der Waals surface area contributed by atoms with Gasteiger partial charge in [-0.3, -0.25) is 9.59 Å². The highest BCUT2D eigenvalue weighted by atomic mass is 16.5. The highest BCUT2D eigenvalue weighted by Crippen LogP contribution is 2.20. The minimum Gasteiger partial charge on any atom is -0.378 e. The number of aromatic nitrogens is 2. The fourth-order valence-electron chi connectivity index (χ4n) is 3.64. The molecule has 0 unspecified atom stereocenters. The number of hydrogen-bond acceptors (Lipinski definition) is 7. The van der Waals surface area contributed by atoms with Crippen LogP contribution < -0.4 is 9.80 Å². The fourth-order valence-corrected chi connectivity index (χ4v) is 3.64. The molecule has 2 saturated heterocycles. The van der Waals surface area contributed by atoms with E-state index in [2.05, 4.69) is 19.8 Å². The van der Waals surface area contributed by atoms with E-state index in [9.17, 15) is 9.59 Å². The summed E-state index contributed by atoms with van der Waals surface area (Å²) in [7, 11) is 0. The van der Waals surface area contributed by atoms with Crippen molar-refractivity contribution >= 4 is 23.3 Å². The van der Waals surface area contributed by atoms with E-state index >= 15 is 0 Å². The number of anilines is 2. The number of ketones is 1. The number of carbonyl (C=O) groups excluding carboxylic acids is 2. The van der Waals surface area contributed by atoms with Gasteiger partial charge in [0, 0.05) is 56.5 Å². The molecule has 0 spiro atoms. The van der Waals surface area contributed by atoms with Crippen molar-refractivity contribution in [2.75, 3.05) is 62.3 Å². The van der Waals surface area contributed by atoms with Crippen LogP contribution in [-0.4, -0.2) is 79.0 Å². The average Bonchev–Trinajstić information content (AvgIpc) is 2.79. The molecular weight excluding hydrogens is 370 g/mol. The van der Waals surface area contributed by atoms with Crippen molar-refractivity contribution in [3.63, 3.8) is 0 Å². The summed E-state index contributed by atoms with van der Waals surface area (Å²) in [4.78, 5) is 39.3. The third kappa shape index (κ3) is 4.37. The molecule has 152 valence electrons. The monoisotopic (exact) mass is 395 g/mol. The van der Waals surface area contributed by atoms with Gasteiger partial charge in [-0.1, -0.05) is 12.1 Å². The zero-order chi connectivity index (χ0) is 20.2. The number of Topliss-reactive ketones (excluding diaryl/α,β-unsaturated/α-hetero) is 1. The molecule has 0 atom stereocenters. The summed E-state index contributed by atoms with van der Waals surface area (Å²) in [6, 6.07) is 8.89.